The van der Waals surface area contributed by atoms with Crippen molar-refractivity contribution in [2.75, 3.05) is 26.1 Å². The normalized spacial score (nSPS) is 28.8. The summed E-state index contributed by atoms with van der Waals surface area (Å²) in [5.41, 5.74) is 0.787. The monoisotopic (exact) mass is 297 g/mol. The molecule has 0 saturated carbocycles. The van der Waals surface area contributed by atoms with Crippen molar-refractivity contribution in [3.05, 3.63) is 35.6 Å². The Labute approximate surface area is 123 Å². The number of halogens is 1. The van der Waals surface area contributed by atoms with Crippen LogP contribution < -0.4 is 0 Å². The smallest absolute Gasteiger partial charge is 0.123 e. The van der Waals surface area contributed by atoms with Crippen molar-refractivity contribution in [1.29, 1.82) is 0 Å². The van der Waals surface area contributed by atoms with Crippen molar-refractivity contribution in [3.8, 4) is 0 Å². The van der Waals surface area contributed by atoms with E-state index in [9.17, 15) is 4.39 Å². The second-order valence-corrected chi connectivity index (χ2v) is 6.12. The molecule has 2 aliphatic heterocycles. The fourth-order valence-corrected chi connectivity index (χ4v) is 3.92. The summed E-state index contributed by atoms with van der Waals surface area (Å²) in [5, 5.41) is 8.10. The molecule has 2 heterocycles. The number of hydrogen-bond donors (Lipinski definition) is 1. The summed E-state index contributed by atoms with van der Waals surface area (Å²) < 4.78 is 18.7. The molecule has 20 heavy (non-hydrogen) atoms. The molecule has 3 nitrogen and oxygen atoms in total. The lowest BCUT2D eigenvalue weighted by molar-refractivity contribution is 0.00453. The second-order valence-electron chi connectivity index (χ2n) is 4.91. The maximum Gasteiger partial charge on any atom is 0.123 e. The van der Waals surface area contributed by atoms with E-state index in [4.69, 9.17) is 14.8 Å². The van der Waals surface area contributed by atoms with Gasteiger partial charge in [0.1, 0.15) is 11.4 Å². The van der Waals surface area contributed by atoms with Crippen LogP contribution in [-0.2, 0) is 10.3 Å². The summed E-state index contributed by atoms with van der Waals surface area (Å²) in [5.74, 6) is 1.37. The van der Waals surface area contributed by atoms with Gasteiger partial charge in [0.2, 0.25) is 0 Å². The largest absolute Gasteiger partial charge is 0.400 e. The van der Waals surface area contributed by atoms with Crippen LogP contribution in [0.4, 0.5) is 4.39 Å². The van der Waals surface area contributed by atoms with Crippen molar-refractivity contribution in [1.82, 2.24) is 0 Å². The fourth-order valence-electron chi connectivity index (χ4n) is 2.81. The van der Waals surface area contributed by atoms with E-state index < -0.39 is 0 Å². The Kier molecular flexibility index (Phi) is 5.18. The van der Waals surface area contributed by atoms with Crippen molar-refractivity contribution in [2.24, 2.45) is 10.9 Å². The van der Waals surface area contributed by atoms with Crippen LogP contribution >= 0.6 is 11.8 Å². The molecule has 2 unspecified atom stereocenters. The molecule has 0 aromatic heterocycles. The molecule has 1 saturated heterocycles. The summed E-state index contributed by atoms with van der Waals surface area (Å²) in [6.45, 7) is 3.46. The number of nitrogens with zero attached hydrogens (tertiary/aromatic N) is 1. The van der Waals surface area contributed by atoms with Crippen LogP contribution in [0, 0.1) is 11.7 Å². The van der Waals surface area contributed by atoms with Crippen LogP contribution in [0.5, 0.6) is 0 Å². The van der Waals surface area contributed by atoms with E-state index in [-0.39, 0.29) is 11.4 Å². The molecular formula is C15H20FNO2S. The van der Waals surface area contributed by atoms with Crippen LogP contribution in [0.25, 0.3) is 0 Å². The lowest BCUT2D eigenvalue weighted by Crippen LogP contribution is -2.46. The lowest BCUT2D eigenvalue weighted by atomic mass is 9.77. The third-order valence-electron chi connectivity index (χ3n) is 3.80. The number of aliphatic imine (C=N–C) groups is 1. The van der Waals surface area contributed by atoms with E-state index in [1.807, 2.05) is 30.8 Å². The molecule has 1 N–H and O–H groups in total. The summed E-state index contributed by atoms with van der Waals surface area (Å²) >= 11 is 1.82. The molecular weight excluding hydrogens is 277 g/mol. The van der Waals surface area contributed by atoms with Gasteiger partial charge in [-0.15, -0.1) is 11.8 Å². The molecule has 5 heteroatoms. The van der Waals surface area contributed by atoms with Crippen LogP contribution in [-0.4, -0.2) is 36.2 Å². The molecule has 0 spiro atoms. The molecule has 1 fully saturated rings. The van der Waals surface area contributed by atoms with Gasteiger partial charge in [-0.2, -0.15) is 0 Å². The van der Waals surface area contributed by atoms with Gasteiger partial charge in [-0.25, -0.2) is 4.39 Å². The molecule has 0 radical (unpaired) electrons. The van der Waals surface area contributed by atoms with Gasteiger partial charge in [0.25, 0.3) is 0 Å². The SMILES string of the molecule is CC1=NC2(c3ccc(F)cc3)COCCC2CS1.CO. The van der Waals surface area contributed by atoms with Crippen LogP contribution in [0.15, 0.2) is 29.3 Å². The number of rotatable bonds is 1. The number of ether oxygens (including phenoxy) is 1. The topological polar surface area (TPSA) is 41.8 Å². The van der Waals surface area contributed by atoms with E-state index in [1.165, 1.54) is 12.1 Å². The molecule has 1 aromatic carbocycles. The van der Waals surface area contributed by atoms with Crippen molar-refractivity contribution in [2.45, 2.75) is 18.9 Å². The second kappa shape index (κ2) is 6.70. The highest BCUT2D eigenvalue weighted by molar-refractivity contribution is 8.13. The Morgan fingerprint density at radius 2 is 2.05 bits per heavy atom. The van der Waals surface area contributed by atoms with Gasteiger partial charge in [0.05, 0.1) is 11.7 Å². The summed E-state index contributed by atoms with van der Waals surface area (Å²) in [6.07, 6.45) is 1.03. The first-order valence-corrected chi connectivity index (χ1v) is 7.67. The zero-order valence-corrected chi connectivity index (χ0v) is 12.6. The van der Waals surface area contributed by atoms with E-state index in [1.54, 1.807) is 0 Å². The first-order chi connectivity index (χ1) is 9.71. The highest BCUT2D eigenvalue weighted by Gasteiger charge is 2.45. The highest BCUT2D eigenvalue weighted by atomic mass is 32.2. The van der Waals surface area contributed by atoms with Crippen LogP contribution in [0.1, 0.15) is 18.9 Å². The minimum Gasteiger partial charge on any atom is -0.400 e. The third-order valence-corrected chi connectivity index (χ3v) is 4.88. The van der Waals surface area contributed by atoms with Crippen LogP contribution in [0.3, 0.4) is 0 Å². The summed E-state index contributed by atoms with van der Waals surface area (Å²) in [4.78, 5) is 4.87. The van der Waals surface area contributed by atoms with E-state index >= 15 is 0 Å². The number of aliphatic hydroxyl groups is 1. The minimum atomic E-state index is -0.290. The number of thioether (sulfide) groups is 1. The maximum atomic E-state index is 13.1. The molecule has 2 aliphatic rings. The van der Waals surface area contributed by atoms with Crippen molar-refractivity contribution in [3.63, 3.8) is 0 Å². The molecule has 2 atom stereocenters. The zero-order valence-electron chi connectivity index (χ0n) is 11.8. The molecule has 0 amide bonds. The first kappa shape index (κ1) is 15.5. The van der Waals surface area contributed by atoms with Gasteiger partial charge in [0.15, 0.2) is 0 Å². The molecule has 3 rings (SSSR count). The number of benzene rings is 1. The highest BCUT2D eigenvalue weighted by Crippen LogP contribution is 2.44. The van der Waals surface area contributed by atoms with Crippen molar-refractivity contribution < 1.29 is 14.2 Å². The quantitative estimate of drug-likeness (QED) is 0.866. The predicted octanol–water partition coefficient (Wildman–Crippen LogP) is 2.83. The molecule has 0 aliphatic carbocycles. The van der Waals surface area contributed by atoms with Gasteiger partial charge >= 0.3 is 0 Å². The fraction of sp³-hybridized carbons (Fsp3) is 0.533. The van der Waals surface area contributed by atoms with E-state index in [0.717, 1.165) is 36.5 Å². The average molecular weight is 297 g/mol. The Hall–Kier alpha value is -0.910. The Morgan fingerprint density at radius 3 is 2.75 bits per heavy atom. The maximum absolute atomic E-state index is 13.1. The van der Waals surface area contributed by atoms with Gasteiger partial charge in [-0.1, -0.05) is 12.1 Å². The summed E-state index contributed by atoms with van der Waals surface area (Å²) in [7, 11) is 1.00. The Balaban J connectivity index is 0.000000704. The lowest BCUT2D eigenvalue weighted by Gasteiger charge is -2.44. The zero-order chi connectivity index (χ0) is 14.6. The minimum absolute atomic E-state index is 0.200. The average Bonchev–Trinajstić information content (AvgIpc) is 2.49. The predicted molar refractivity (Wildman–Crippen MR) is 80.7 cm³/mol. The van der Waals surface area contributed by atoms with E-state index in [0.29, 0.717) is 12.5 Å². The van der Waals surface area contributed by atoms with Gasteiger partial charge in [0, 0.05) is 25.4 Å². The molecule has 0 bridgehead atoms. The van der Waals surface area contributed by atoms with Gasteiger partial charge < -0.3 is 9.84 Å². The van der Waals surface area contributed by atoms with Gasteiger partial charge in [-0.3, -0.25) is 4.99 Å². The molecule has 1 aromatic rings. The standard InChI is InChI=1S/C14H16FNOS.CH4O/c1-10-16-14(11-2-4-13(15)5-3-11)9-17-7-6-12(14)8-18-10;1-2/h2-5,12H,6-9H2,1H3;2H,1H3. The Bertz CT molecular complexity index is 477. The third kappa shape index (κ3) is 2.90. The number of fused-ring (bicyclic) bond motifs is 1. The van der Waals surface area contributed by atoms with Crippen molar-refractivity contribution >= 4 is 16.8 Å². The van der Waals surface area contributed by atoms with Crippen LogP contribution in [0.2, 0.25) is 0 Å². The molecule has 110 valence electrons. The first-order valence-electron chi connectivity index (χ1n) is 6.68. The Morgan fingerprint density at radius 1 is 1.35 bits per heavy atom. The number of aliphatic hydroxyl groups excluding tert-OH is 1. The van der Waals surface area contributed by atoms with E-state index in [2.05, 4.69) is 0 Å². The van der Waals surface area contributed by atoms with Gasteiger partial charge in [-0.05, 0) is 31.0 Å². The number of hydrogen-bond acceptors (Lipinski definition) is 4. The summed E-state index contributed by atoms with van der Waals surface area (Å²) in [6, 6.07) is 6.73.